The van der Waals surface area contributed by atoms with Crippen LogP contribution >= 0.6 is 11.3 Å². The highest BCUT2D eigenvalue weighted by molar-refractivity contribution is 7.08. The number of pyridine rings is 1. The Morgan fingerprint density at radius 1 is 1.32 bits per heavy atom. The minimum atomic E-state index is 0.253. The molecule has 132 valence electrons. The van der Waals surface area contributed by atoms with Crippen LogP contribution in [0.1, 0.15) is 12.0 Å². The number of likely N-dealkylation sites (tertiary alicyclic amines) is 2. The predicted molar refractivity (Wildman–Crippen MR) is 97.8 cm³/mol. The van der Waals surface area contributed by atoms with Gasteiger partial charge in [-0.05, 0) is 48.0 Å². The average molecular weight is 357 g/mol. The van der Waals surface area contributed by atoms with Crippen LogP contribution < -0.4 is 4.74 Å². The van der Waals surface area contributed by atoms with Crippen molar-refractivity contribution in [2.24, 2.45) is 5.41 Å². The van der Waals surface area contributed by atoms with E-state index in [-0.39, 0.29) is 11.3 Å². The number of hydrogen-bond donors (Lipinski definition) is 0. The molecule has 0 radical (unpaired) electrons. The van der Waals surface area contributed by atoms with E-state index in [1.54, 1.807) is 23.7 Å². The van der Waals surface area contributed by atoms with Gasteiger partial charge >= 0.3 is 0 Å². The lowest BCUT2D eigenvalue weighted by molar-refractivity contribution is -0.141. The Bertz CT molecular complexity index is 714. The highest BCUT2D eigenvalue weighted by Gasteiger charge is 2.51. The van der Waals surface area contributed by atoms with Crippen LogP contribution in [0.5, 0.6) is 5.75 Å². The first-order valence-electron chi connectivity index (χ1n) is 8.65. The Morgan fingerprint density at radius 3 is 2.84 bits per heavy atom. The molecule has 1 amide bonds. The molecule has 4 heterocycles. The second-order valence-corrected chi connectivity index (χ2v) is 8.11. The summed E-state index contributed by atoms with van der Waals surface area (Å²) in [7, 11) is 2.16. The minimum Gasteiger partial charge on any atom is -0.492 e. The summed E-state index contributed by atoms with van der Waals surface area (Å²) in [6.45, 7) is 3.49. The Hall–Kier alpha value is -1.92. The first-order chi connectivity index (χ1) is 12.1. The molecular weight excluding hydrogens is 334 g/mol. The quantitative estimate of drug-likeness (QED) is 0.824. The molecule has 5 nitrogen and oxygen atoms in total. The van der Waals surface area contributed by atoms with E-state index in [9.17, 15) is 4.79 Å². The maximum Gasteiger partial charge on any atom is 0.227 e. The van der Waals surface area contributed by atoms with Crippen LogP contribution in [-0.4, -0.2) is 60.0 Å². The molecule has 1 unspecified atom stereocenters. The van der Waals surface area contributed by atoms with Gasteiger partial charge in [0, 0.05) is 43.5 Å². The monoisotopic (exact) mass is 357 g/mol. The molecule has 0 N–H and O–H groups in total. The molecule has 4 rings (SSSR count). The van der Waals surface area contributed by atoms with E-state index in [1.807, 2.05) is 28.5 Å². The van der Waals surface area contributed by atoms with Gasteiger partial charge in [-0.2, -0.15) is 11.3 Å². The number of nitrogens with zero attached hydrogens (tertiary/aromatic N) is 3. The van der Waals surface area contributed by atoms with Crippen molar-refractivity contribution >= 4 is 17.2 Å². The fourth-order valence-corrected chi connectivity index (χ4v) is 4.71. The van der Waals surface area contributed by atoms with E-state index in [0.29, 0.717) is 19.1 Å². The smallest absolute Gasteiger partial charge is 0.227 e. The van der Waals surface area contributed by atoms with Crippen LogP contribution in [0.2, 0.25) is 0 Å². The van der Waals surface area contributed by atoms with Gasteiger partial charge in [0.1, 0.15) is 12.4 Å². The van der Waals surface area contributed by atoms with Crippen LogP contribution in [0, 0.1) is 5.41 Å². The van der Waals surface area contributed by atoms with E-state index in [2.05, 4.69) is 22.3 Å². The molecule has 2 aromatic heterocycles. The normalized spacial score (nSPS) is 22.1. The Balaban J connectivity index is 1.28. The maximum absolute atomic E-state index is 12.4. The molecule has 0 bridgehead atoms. The Morgan fingerprint density at radius 2 is 2.12 bits per heavy atom. The highest BCUT2D eigenvalue weighted by atomic mass is 32.1. The van der Waals surface area contributed by atoms with Gasteiger partial charge < -0.3 is 9.64 Å². The number of likely N-dealkylation sites (N-methyl/N-ethyl adjacent to an activating group) is 1. The van der Waals surface area contributed by atoms with Gasteiger partial charge in [0.2, 0.25) is 5.91 Å². The number of amides is 1. The molecule has 6 heteroatoms. The fraction of sp³-hybridized carbons (Fsp3) is 0.474. The van der Waals surface area contributed by atoms with Gasteiger partial charge in [0.25, 0.3) is 0 Å². The van der Waals surface area contributed by atoms with E-state index in [1.165, 1.54) is 0 Å². The number of hydrogen-bond acceptors (Lipinski definition) is 5. The second kappa shape index (κ2) is 6.77. The second-order valence-electron chi connectivity index (χ2n) is 7.33. The zero-order valence-electron chi connectivity index (χ0n) is 14.4. The molecule has 0 saturated carbocycles. The molecule has 2 fully saturated rings. The fourth-order valence-electron chi connectivity index (χ4n) is 4.04. The van der Waals surface area contributed by atoms with Crippen LogP contribution in [0.25, 0.3) is 0 Å². The third kappa shape index (κ3) is 3.55. The topological polar surface area (TPSA) is 45.7 Å². The van der Waals surface area contributed by atoms with Gasteiger partial charge in [0.15, 0.2) is 0 Å². The summed E-state index contributed by atoms with van der Waals surface area (Å²) in [6, 6.07) is 6.22. The molecule has 1 spiro atoms. The first kappa shape index (κ1) is 16.5. The summed E-state index contributed by atoms with van der Waals surface area (Å²) < 4.78 is 5.91. The third-order valence-corrected chi connectivity index (χ3v) is 6.04. The number of ether oxygens (including phenoxy) is 1. The molecule has 2 aliphatic rings. The molecule has 2 aliphatic heterocycles. The van der Waals surface area contributed by atoms with Crippen molar-refractivity contribution in [3.05, 3.63) is 46.9 Å². The number of carbonyl (C=O) groups excluding carboxylic acids is 1. The summed E-state index contributed by atoms with van der Waals surface area (Å²) in [5, 5.41) is 4.09. The summed E-state index contributed by atoms with van der Waals surface area (Å²) in [4.78, 5) is 20.8. The zero-order valence-corrected chi connectivity index (χ0v) is 15.2. The van der Waals surface area contributed by atoms with Crippen molar-refractivity contribution in [3.63, 3.8) is 0 Å². The van der Waals surface area contributed by atoms with Crippen LogP contribution in [-0.2, 0) is 11.2 Å². The Labute approximate surface area is 152 Å². The lowest BCUT2D eigenvalue weighted by Crippen LogP contribution is -2.59. The number of aromatic nitrogens is 1. The summed E-state index contributed by atoms with van der Waals surface area (Å²) >= 11 is 1.65. The van der Waals surface area contributed by atoms with Crippen molar-refractivity contribution in [1.82, 2.24) is 14.8 Å². The van der Waals surface area contributed by atoms with Gasteiger partial charge in [0.05, 0.1) is 6.42 Å². The lowest BCUT2D eigenvalue weighted by atomic mass is 9.77. The van der Waals surface area contributed by atoms with Gasteiger partial charge in [-0.3, -0.25) is 14.7 Å². The van der Waals surface area contributed by atoms with E-state index in [4.69, 9.17) is 4.74 Å². The van der Waals surface area contributed by atoms with E-state index < -0.39 is 0 Å². The van der Waals surface area contributed by atoms with Gasteiger partial charge in [-0.15, -0.1) is 0 Å². The first-order valence-corrected chi connectivity index (χ1v) is 9.60. The summed E-state index contributed by atoms with van der Waals surface area (Å²) in [5.74, 6) is 1.12. The molecular formula is C19H23N3O2S. The van der Waals surface area contributed by atoms with Crippen molar-refractivity contribution < 1.29 is 9.53 Å². The minimum absolute atomic E-state index is 0.253. The average Bonchev–Trinajstić information content (AvgIpc) is 3.20. The summed E-state index contributed by atoms with van der Waals surface area (Å²) in [6.07, 6.45) is 5.12. The SMILES string of the molecule is CN1CC2(CC1COc1ccncc1)CN(C(=O)Cc1ccsc1)C2. The largest absolute Gasteiger partial charge is 0.492 e. The van der Waals surface area contributed by atoms with Crippen LogP contribution in [0.15, 0.2) is 41.4 Å². The van der Waals surface area contributed by atoms with Crippen molar-refractivity contribution in [2.45, 2.75) is 18.9 Å². The highest BCUT2D eigenvalue weighted by Crippen LogP contribution is 2.42. The Kier molecular flexibility index (Phi) is 4.48. The number of rotatable bonds is 5. The summed E-state index contributed by atoms with van der Waals surface area (Å²) in [5.41, 5.74) is 1.38. The van der Waals surface area contributed by atoms with E-state index in [0.717, 1.165) is 37.4 Å². The maximum atomic E-state index is 12.4. The van der Waals surface area contributed by atoms with Crippen molar-refractivity contribution in [2.75, 3.05) is 33.3 Å². The van der Waals surface area contributed by atoms with Gasteiger partial charge in [-0.1, -0.05) is 0 Å². The number of thiophene rings is 1. The number of carbonyl (C=O) groups is 1. The van der Waals surface area contributed by atoms with Crippen molar-refractivity contribution in [1.29, 1.82) is 0 Å². The lowest BCUT2D eigenvalue weighted by Gasteiger charge is -2.48. The van der Waals surface area contributed by atoms with Crippen LogP contribution in [0.4, 0.5) is 0 Å². The standard InChI is InChI=1S/C19H23N3O2S/c1-21-12-19(9-16(21)10-24-17-2-5-20-6-3-17)13-22(14-19)18(23)8-15-4-7-25-11-15/h2-7,11,16H,8-10,12-14H2,1H3. The molecule has 2 aromatic rings. The van der Waals surface area contributed by atoms with Crippen LogP contribution in [0.3, 0.4) is 0 Å². The van der Waals surface area contributed by atoms with E-state index >= 15 is 0 Å². The molecule has 1 atom stereocenters. The van der Waals surface area contributed by atoms with Gasteiger partial charge in [-0.25, -0.2) is 0 Å². The zero-order chi connectivity index (χ0) is 17.3. The predicted octanol–water partition coefficient (Wildman–Crippen LogP) is 2.30. The molecule has 25 heavy (non-hydrogen) atoms. The van der Waals surface area contributed by atoms with Crippen molar-refractivity contribution in [3.8, 4) is 5.75 Å². The third-order valence-electron chi connectivity index (χ3n) is 5.31. The molecule has 0 aliphatic carbocycles. The molecule has 0 aromatic carbocycles. The molecule has 2 saturated heterocycles.